The third kappa shape index (κ3) is 6.59. The third-order valence-electron chi connectivity index (χ3n) is 3.40. The second-order valence-corrected chi connectivity index (χ2v) is 7.07. The van der Waals surface area contributed by atoms with E-state index in [1.807, 2.05) is 25.1 Å². The number of hydrogen-bond donors (Lipinski definition) is 1. The lowest BCUT2D eigenvalue weighted by molar-refractivity contribution is -0.153. The fourth-order valence-electron chi connectivity index (χ4n) is 2.33. The number of carbonyl (C=O) groups is 2. The van der Waals surface area contributed by atoms with Crippen molar-refractivity contribution in [2.24, 2.45) is 0 Å². The number of ether oxygens (including phenoxy) is 2. The van der Waals surface area contributed by atoms with Gasteiger partial charge in [0.2, 0.25) is 0 Å². The van der Waals surface area contributed by atoms with Crippen molar-refractivity contribution < 1.29 is 19.1 Å². The minimum atomic E-state index is -0.578. The Bertz CT molecular complexity index is 778. The van der Waals surface area contributed by atoms with Gasteiger partial charge in [-0.15, -0.1) is 0 Å². The van der Waals surface area contributed by atoms with Crippen molar-refractivity contribution in [3.63, 3.8) is 0 Å². The molecule has 5 heteroatoms. The van der Waals surface area contributed by atoms with Crippen LogP contribution >= 0.6 is 0 Å². The zero-order valence-corrected chi connectivity index (χ0v) is 15.7. The van der Waals surface area contributed by atoms with Crippen LogP contribution < -0.4 is 10.1 Å². The van der Waals surface area contributed by atoms with Gasteiger partial charge in [0.25, 0.3) is 5.91 Å². The Morgan fingerprint density at radius 2 is 1.77 bits per heavy atom. The molecule has 0 saturated carbocycles. The Kier molecular flexibility index (Phi) is 6.39. The highest BCUT2D eigenvalue weighted by atomic mass is 16.6. The van der Waals surface area contributed by atoms with Gasteiger partial charge in [-0.3, -0.25) is 9.59 Å². The van der Waals surface area contributed by atoms with Crippen LogP contribution in [-0.4, -0.2) is 24.0 Å². The summed E-state index contributed by atoms with van der Waals surface area (Å²) >= 11 is 0. The van der Waals surface area contributed by atoms with Gasteiger partial charge < -0.3 is 14.8 Å². The van der Waals surface area contributed by atoms with Crippen molar-refractivity contribution in [2.75, 3.05) is 6.54 Å². The highest BCUT2D eigenvalue weighted by Gasteiger charge is 2.17. The van der Waals surface area contributed by atoms with E-state index >= 15 is 0 Å². The molecule has 138 valence electrons. The number of hydrogen-bond acceptors (Lipinski definition) is 4. The first-order chi connectivity index (χ1) is 12.2. The maximum atomic E-state index is 12.2. The number of benzene rings is 2. The van der Waals surface area contributed by atoms with E-state index in [1.54, 1.807) is 45.0 Å². The summed E-state index contributed by atoms with van der Waals surface area (Å²) in [6, 6.07) is 14.9. The third-order valence-corrected chi connectivity index (χ3v) is 3.40. The summed E-state index contributed by atoms with van der Waals surface area (Å²) in [4.78, 5) is 23.9. The van der Waals surface area contributed by atoms with E-state index in [2.05, 4.69) is 11.4 Å². The van der Waals surface area contributed by atoms with Gasteiger partial charge in [-0.2, -0.15) is 0 Å². The average Bonchev–Trinajstić information content (AvgIpc) is 2.57. The van der Waals surface area contributed by atoms with E-state index in [0.717, 1.165) is 5.56 Å². The molecule has 0 spiro atoms. The molecule has 26 heavy (non-hydrogen) atoms. The molecule has 0 unspecified atom stereocenters. The number of nitrogens with one attached hydrogen (secondary N) is 1. The van der Waals surface area contributed by atoms with Crippen LogP contribution in [0.2, 0.25) is 0 Å². The molecule has 2 rings (SSSR count). The van der Waals surface area contributed by atoms with Gasteiger partial charge >= 0.3 is 5.97 Å². The summed E-state index contributed by atoms with van der Waals surface area (Å²) in [6.45, 7) is 7.61. The van der Waals surface area contributed by atoms with Gasteiger partial charge in [-0.05, 0) is 51.5 Å². The van der Waals surface area contributed by atoms with Crippen LogP contribution in [0.4, 0.5) is 0 Å². The predicted octanol–water partition coefficient (Wildman–Crippen LogP) is 3.65. The number of aryl methyl sites for hydroxylation is 1. The van der Waals surface area contributed by atoms with Crippen LogP contribution in [0.3, 0.4) is 0 Å². The van der Waals surface area contributed by atoms with E-state index in [-0.39, 0.29) is 12.5 Å². The van der Waals surface area contributed by atoms with Crippen molar-refractivity contribution in [1.82, 2.24) is 5.32 Å². The lowest BCUT2D eigenvalue weighted by Gasteiger charge is -2.19. The van der Waals surface area contributed by atoms with E-state index in [4.69, 9.17) is 9.47 Å². The Morgan fingerprint density at radius 3 is 2.46 bits per heavy atom. The number of carbonyl (C=O) groups excluding carboxylic acids is 2. The molecule has 0 radical (unpaired) electrons. The first-order valence-electron chi connectivity index (χ1n) is 8.51. The SMILES string of the molecule is Cc1cccc(COc2cccc(C(=O)NCC(=O)OC(C)(C)C)c2)c1. The monoisotopic (exact) mass is 355 g/mol. The average molecular weight is 355 g/mol. The minimum Gasteiger partial charge on any atom is -0.489 e. The second kappa shape index (κ2) is 8.52. The highest BCUT2D eigenvalue weighted by Crippen LogP contribution is 2.16. The van der Waals surface area contributed by atoms with E-state index in [9.17, 15) is 9.59 Å². The predicted molar refractivity (Wildman–Crippen MR) is 100 cm³/mol. The molecule has 0 heterocycles. The first-order valence-corrected chi connectivity index (χ1v) is 8.51. The molecule has 0 saturated heterocycles. The van der Waals surface area contributed by atoms with Gasteiger partial charge in [0.1, 0.15) is 24.5 Å². The zero-order chi connectivity index (χ0) is 19.2. The standard InChI is InChI=1S/C21H25NO4/c1-15-7-5-8-16(11-15)14-25-18-10-6-9-17(12-18)20(24)22-13-19(23)26-21(2,3)4/h5-12H,13-14H2,1-4H3,(H,22,24). The fraction of sp³-hybridized carbons (Fsp3) is 0.333. The van der Waals surface area contributed by atoms with Crippen LogP contribution in [0.1, 0.15) is 42.3 Å². The fourth-order valence-corrected chi connectivity index (χ4v) is 2.33. The zero-order valence-electron chi connectivity index (χ0n) is 15.7. The van der Waals surface area contributed by atoms with Crippen LogP contribution in [0.15, 0.2) is 48.5 Å². The van der Waals surface area contributed by atoms with Crippen molar-refractivity contribution in [1.29, 1.82) is 0 Å². The maximum Gasteiger partial charge on any atom is 0.325 e. The van der Waals surface area contributed by atoms with Crippen molar-refractivity contribution in [3.05, 3.63) is 65.2 Å². The molecule has 0 aliphatic carbocycles. The van der Waals surface area contributed by atoms with Gasteiger partial charge in [-0.1, -0.05) is 35.9 Å². The molecular weight excluding hydrogens is 330 g/mol. The van der Waals surface area contributed by atoms with E-state index in [1.165, 1.54) is 5.56 Å². The number of amides is 1. The Hall–Kier alpha value is -2.82. The van der Waals surface area contributed by atoms with Crippen LogP contribution in [0.25, 0.3) is 0 Å². The van der Waals surface area contributed by atoms with Gasteiger partial charge in [0, 0.05) is 5.56 Å². The van der Waals surface area contributed by atoms with Crippen molar-refractivity contribution in [3.8, 4) is 5.75 Å². The molecule has 1 N–H and O–H groups in total. The Balaban J connectivity index is 1.91. The molecule has 0 bridgehead atoms. The minimum absolute atomic E-state index is 0.176. The maximum absolute atomic E-state index is 12.2. The molecule has 5 nitrogen and oxygen atoms in total. The van der Waals surface area contributed by atoms with Gasteiger partial charge in [0.15, 0.2) is 0 Å². The van der Waals surface area contributed by atoms with Crippen LogP contribution in [0.5, 0.6) is 5.75 Å². The Morgan fingerprint density at radius 1 is 1.04 bits per heavy atom. The summed E-state index contributed by atoms with van der Waals surface area (Å²) < 4.78 is 10.9. The lowest BCUT2D eigenvalue weighted by Crippen LogP contribution is -2.34. The molecular formula is C21H25NO4. The van der Waals surface area contributed by atoms with E-state index < -0.39 is 11.6 Å². The second-order valence-electron chi connectivity index (χ2n) is 7.07. The molecule has 0 aromatic heterocycles. The van der Waals surface area contributed by atoms with Crippen molar-refractivity contribution in [2.45, 2.75) is 39.9 Å². The van der Waals surface area contributed by atoms with Crippen molar-refractivity contribution >= 4 is 11.9 Å². The highest BCUT2D eigenvalue weighted by molar-refractivity contribution is 5.96. The smallest absolute Gasteiger partial charge is 0.325 e. The summed E-state index contributed by atoms with van der Waals surface area (Å²) in [5, 5.41) is 2.56. The largest absolute Gasteiger partial charge is 0.489 e. The summed E-state index contributed by atoms with van der Waals surface area (Å²) in [5.74, 6) is -0.231. The first kappa shape index (κ1) is 19.5. The van der Waals surface area contributed by atoms with Crippen LogP contribution in [-0.2, 0) is 16.1 Å². The summed E-state index contributed by atoms with van der Waals surface area (Å²) in [5.41, 5.74) is 2.08. The van der Waals surface area contributed by atoms with E-state index in [0.29, 0.717) is 17.9 Å². The molecule has 1 amide bonds. The topological polar surface area (TPSA) is 64.6 Å². The molecule has 0 fully saturated rings. The summed E-state index contributed by atoms with van der Waals surface area (Å²) in [6.07, 6.45) is 0. The normalized spacial score (nSPS) is 10.9. The van der Waals surface area contributed by atoms with Gasteiger partial charge in [-0.25, -0.2) is 0 Å². The molecule has 0 atom stereocenters. The molecule has 2 aromatic rings. The summed E-state index contributed by atoms with van der Waals surface area (Å²) in [7, 11) is 0. The molecule has 0 aliphatic rings. The lowest BCUT2D eigenvalue weighted by atomic mass is 10.1. The number of rotatable bonds is 6. The molecule has 0 aliphatic heterocycles. The van der Waals surface area contributed by atoms with Crippen LogP contribution in [0, 0.1) is 6.92 Å². The quantitative estimate of drug-likeness (QED) is 0.804. The Labute approximate surface area is 154 Å². The van der Waals surface area contributed by atoms with Gasteiger partial charge in [0.05, 0.1) is 0 Å². The molecule has 2 aromatic carbocycles. The number of esters is 1.